The number of aliphatic hydroxyl groups is 1. The zero-order valence-electron chi connectivity index (χ0n) is 31.0. The van der Waals surface area contributed by atoms with Crippen LogP contribution in [-0.4, -0.2) is 54.5 Å². The largest absolute Gasteiger partial charge is 0.371 e. The van der Waals surface area contributed by atoms with E-state index in [0.29, 0.717) is 47.3 Å². The molecule has 4 rings (SSSR count). The standard InChI is InChI=1S/C17H16BrCl3N2O.C11H12BrCl2NO2.C7H6BrNO.C4H6Cl2O/c1-2-17(20,21)16(22-14-9-7-13(19)8-10-14)23-15(24)11-3-5-12(18)6-4-11;1-2-11(13,14)10(17)15-9(16)7-3-5-8(12)6-4-7;8-6-3-1-5(2-4-6)7(9)10;1-2-4(5,6)3-7/h3-10,16,22H,2H2,1H3,(H,23,24);3-6,10,17H,2H2,1H3,(H,15,16);1-4H,(H2,9,10);3H,2H2,1H3. The van der Waals surface area contributed by atoms with E-state index in [4.69, 9.17) is 86.9 Å². The maximum Gasteiger partial charge on any atom is 0.253 e. The highest BCUT2D eigenvalue weighted by Gasteiger charge is 2.35. The van der Waals surface area contributed by atoms with Crippen molar-refractivity contribution in [1.82, 2.24) is 10.6 Å². The summed E-state index contributed by atoms with van der Waals surface area (Å²) in [6.07, 6.45) is -0.245. The Balaban J connectivity index is 0.000000428. The first-order chi connectivity index (χ1) is 27.0. The first-order valence-electron chi connectivity index (χ1n) is 17.0. The van der Waals surface area contributed by atoms with Gasteiger partial charge in [-0.05, 0) is 116 Å². The lowest BCUT2D eigenvalue weighted by Gasteiger charge is -2.31. The molecule has 0 spiro atoms. The van der Waals surface area contributed by atoms with Crippen LogP contribution in [0, 0.1) is 0 Å². The lowest BCUT2D eigenvalue weighted by atomic mass is 10.2. The Morgan fingerprint density at radius 2 is 1.02 bits per heavy atom. The number of amides is 3. The van der Waals surface area contributed by atoms with Gasteiger partial charge in [0.05, 0.1) is 0 Å². The number of hydrogen-bond donors (Lipinski definition) is 5. The Hall–Kier alpha value is -1.81. The molecule has 6 N–H and O–H groups in total. The number of primary amides is 1. The molecule has 0 bridgehead atoms. The summed E-state index contributed by atoms with van der Waals surface area (Å²) in [5.41, 5.74) is 7.23. The number of aliphatic hydroxyl groups excluding tert-OH is 1. The summed E-state index contributed by atoms with van der Waals surface area (Å²) in [5.74, 6) is -1.09. The molecule has 4 aromatic carbocycles. The van der Waals surface area contributed by atoms with Crippen LogP contribution in [0.3, 0.4) is 0 Å². The van der Waals surface area contributed by atoms with Crippen LogP contribution in [0.5, 0.6) is 0 Å². The van der Waals surface area contributed by atoms with Crippen LogP contribution >= 0.6 is 129 Å². The third kappa shape index (κ3) is 20.6. The summed E-state index contributed by atoms with van der Waals surface area (Å²) in [5, 5.41) is 18.6. The molecule has 58 heavy (non-hydrogen) atoms. The molecule has 0 aliphatic heterocycles. The van der Waals surface area contributed by atoms with Crippen molar-refractivity contribution in [3.63, 3.8) is 0 Å². The van der Waals surface area contributed by atoms with Gasteiger partial charge < -0.3 is 31.6 Å². The molecule has 0 saturated heterocycles. The second kappa shape index (κ2) is 26.5. The number of carbonyl (C=O) groups excluding carboxylic acids is 4. The number of nitrogens with one attached hydrogen (secondary N) is 3. The van der Waals surface area contributed by atoms with Crippen molar-refractivity contribution in [2.75, 3.05) is 5.32 Å². The van der Waals surface area contributed by atoms with Crippen LogP contribution < -0.4 is 21.7 Å². The van der Waals surface area contributed by atoms with Crippen LogP contribution in [0.25, 0.3) is 0 Å². The monoisotopic (exact) mass is 1130 g/mol. The summed E-state index contributed by atoms with van der Waals surface area (Å²) in [4.78, 5) is 44.5. The van der Waals surface area contributed by atoms with Crippen molar-refractivity contribution < 1.29 is 24.3 Å². The minimum atomic E-state index is -1.38. The van der Waals surface area contributed by atoms with Crippen LogP contribution in [0.4, 0.5) is 5.69 Å². The Bertz CT molecular complexity index is 1890. The SMILES string of the molecule is CCC(Cl)(Cl)C(NC(=O)c1ccc(Br)cc1)Nc1ccc(Cl)cc1.CCC(Cl)(Cl)C(O)NC(=O)c1ccc(Br)cc1.CCC(Cl)(Cl)C=O.NC(=O)c1ccc(Br)cc1. The van der Waals surface area contributed by atoms with Gasteiger partial charge in [0, 0.05) is 40.8 Å². The number of carbonyl (C=O) groups is 4. The van der Waals surface area contributed by atoms with Crippen molar-refractivity contribution in [1.29, 1.82) is 0 Å². The van der Waals surface area contributed by atoms with Crippen molar-refractivity contribution in [3.05, 3.63) is 132 Å². The molecule has 4 aromatic rings. The first kappa shape index (κ1) is 54.2. The normalized spacial score (nSPS) is 12.0. The van der Waals surface area contributed by atoms with E-state index in [1.54, 1.807) is 111 Å². The fourth-order valence-corrected chi connectivity index (χ4v) is 5.03. The topological polar surface area (TPSA) is 151 Å². The zero-order valence-corrected chi connectivity index (χ0v) is 41.1. The van der Waals surface area contributed by atoms with Crippen LogP contribution in [0.1, 0.15) is 71.1 Å². The number of aldehydes is 1. The van der Waals surface area contributed by atoms with Gasteiger partial charge in [-0.15, -0.1) is 0 Å². The molecule has 0 aliphatic rings. The van der Waals surface area contributed by atoms with Gasteiger partial charge in [0.15, 0.2) is 25.5 Å². The van der Waals surface area contributed by atoms with Gasteiger partial charge in [0.25, 0.3) is 11.8 Å². The van der Waals surface area contributed by atoms with Gasteiger partial charge in [-0.3, -0.25) is 14.4 Å². The molecule has 2 unspecified atom stereocenters. The number of rotatable bonds is 13. The molecule has 19 heteroatoms. The molecule has 0 saturated carbocycles. The predicted molar refractivity (Wildman–Crippen MR) is 251 cm³/mol. The van der Waals surface area contributed by atoms with Crippen molar-refractivity contribution >= 4 is 159 Å². The molecule has 0 aliphatic carbocycles. The summed E-state index contributed by atoms with van der Waals surface area (Å²) in [6.45, 7) is 5.31. The van der Waals surface area contributed by atoms with Crippen molar-refractivity contribution in [3.8, 4) is 0 Å². The average molecular weight is 1130 g/mol. The van der Waals surface area contributed by atoms with Crippen molar-refractivity contribution in [2.24, 2.45) is 5.73 Å². The molecule has 0 radical (unpaired) electrons. The number of benzene rings is 4. The third-order valence-electron chi connectivity index (χ3n) is 7.45. The lowest BCUT2D eigenvalue weighted by molar-refractivity contribution is -0.108. The number of nitrogens with two attached hydrogens (primary N) is 1. The first-order valence-corrected chi connectivity index (χ1v) is 22.0. The van der Waals surface area contributed by atoms with Gasteiger partial charge in [-0.2, -0.15) is 0 Å². The third-order valence-corrected chi connectivity index (χ3v) is 11.9. The fourth-order valence-electron chi connectivity index (χ4n) is 3.79. The highest BCUT2D eigenvalue weighted by molar-refractivity contribution is 9.11. The maximum absolute atomic E-state index is 12.5. The second-order valence-electron chi connectivity index (χ2n) is 11.8. The summed E-state index contributed by atoms with van der Waals surface area (Å²) in [7, 11) is 0. The average Bonchev–Trinajstić information content (AvgIpc) is 3.19. The van der Waals surface area contributed by atoms with E-state index in [1.807, 2.05) is 6.92 Å². The number of halogens is 10. The molecule has 3 amide bonds. The molecule has 0 fully saturated rings. The second-order valence-corrected chi connectivity index (χ2v) is 19.6. The van der Waals surface area contributed by atoms with E-state index in [1.165, 1.54) is 0 Å². The smallest absolute Gasteiger partial charge is 0.253 e. The van der Waals surface area contributed by atoms with E-state index in [9.17, 15) is 24.3 Å². The maximum atomic E-state index is 12.5. The lowest BCUT2D eigenvalue weighted by Crippen LogP contribution is -2.51. The van der Waals surface area contributed by atoms with Crippen molar-refractivity contribution in [2.45, 2.75) is 65.4 Å². The van der Waals surface area contributed by atoms with E-state index in [-0.39, 0.29) is 5.91 Å². The van der Waals surface area contributed by atoms with Crippen LogP contribution in [-0.2, 0) is 4.79 Å². The molecular weight excluding hydrogens is 1090 g/mol. The Morgan fingerprint density at radius 3 is 1.34 bits per heavy atom. The van der Waals surface area contributed by atoms with E-state index < -0.39 is 37.2 Å². The Kier molecular flexibility index (Phi) is 24.8. The van der Waals surface area contributed by atoms with Gasteiger partial charge in [0.1, 0.15) is 6.17 Å². The Labute approximate surface area is 398 Å². The minimum absolute atomic E-state index is 0.270. The molecule has 2 atom stereocenters. The number of hydrogen-bond acceptors (Lipinski definition) is 6. The summed E-state index contributed by atoms with van der Waals surface area (Å²) >= 11 is 50.7. The number of anilines is 1. The highest BCUT2D eigenvalue weighted by atomic mass is 79.9. The molecular formula is C39H40Br3Cl7N4O5. The van der Waals surface area contributed by atoms with E-state index in [0.717, 1.165) is 19.1 Å². The molecule has 0 heterocycles. The van der Waals surface area contributed by atoms with Gasteiger partial charge in [0.2, 0.25) is 5.91 Å². The summed E-state index contributed by atoms with van der Waals surface area (Å²) in [6, 6.07) is 27.7. The number of alkyl halides is 6. The molecule has 0 aromatic heterocycles. The van der Waals surface area contributed by atoms with Gasteiger partial charge in [-0.25, -0.2) is 0 Å². The van der Waals surface area contributed by atoms with Crippen LogP contribution in [0.15, 0.2) is 110 Å². The zero-order chi connectivity index (χ0) is 44.3. The molecule has 316 valence electrons. The van der Waals surface area contributed by atoms with E-state index >= 15 is 0 Å². The highest BCUT2D eigenvalue weighted by Crippen LogP contribution is 2.31. The van der Waals surface area contributed by atoms with Crippen LogP contribution in [0.2, 0.25) is 5.02 Å². The van der Waals surface area contributed by atoms with Gasteiger partial charge in [-0.1, -0.05) is 150 Å². The predicted octanol–water partition coefficient (Wildman–Crippen LogP) is 12.3. The summed E-state index contributed by atoms with van der Waals surface area (Å²) < 4.78 is -1.01. The Morgan fingerprint density at radius 1 is 0.638 bits per heavy atom. The minimum Gasteiger partial charge on any atom is -0.371 e. The van der Waals surface area contributed by atoms with Gasteiger partial charge >= 0.3 is 0 Å². The van der Waals surface area contributed by atoms with E-state index in [2.05, 4.69) is 63.7 Å². The fraction of sp³-hybridized carbons (Fsp3) is 0.282. The quantitative estimate of drug-likeness (QED) is 0.0511. The molecule has 9 nitrogen and oxygen atoms in total.